The monoisotopic (exact) mass is 460 g/mol. The number of anilines is 2. The number of rotatable bonds is 7. The zero-order valence-corrected chi connectivity index (χ0v) is 18.9. The molecule has 1 atom stereocenters. The first-order valence-corrected chi connectivity index (χ1v) is 10.4. The first-order chi connectivity index (χ1) is 13.6. The molecule has 2 aliphatic rings. The summed E-state index contributed by atoms with van der Waals surface area (Å²) >= 11 is 0. The molecule has 9 heteroatoms. The Kier molecular flexibility index (Phi) is 12.3. The van der Waals surface area contributed by atoms with Gasteiger partial charge in [0.2, 0.25) is 11.8 Å². The van der Waals surface area contributed by atoms with Crippen molar-refractivity contribution < 1.29 is 14.3 Å². The third kappa shape index (κ3) is 8.40. The summed E-state index contributed by atoms with van der Waals surface area (Å²) < 4.78 is 5.32. The lowest BCUT2D eigenvalue weighted by molar-refractivity contribution is -0.119. The first kappa shape index (κ1) is 26.7. The average Bonchev–Trinajstić information content (AvgIpc) is 2.74. The van der Waals surface area contributed by atoms with Gasteiger partial charge in [0.25, 0.3) is 0 Å². The molecule has 1 aromatic carbocycles. The normalized spacial score (nSPS) is 18.4. The van der Waals surface area contributed by atoms with E-state index in [1.54, 1.807) is 24.3 Å². The number of piperidine rings is 1. The zero-order chi connectivity index (χ0) is 19.8. The third-order valence-corrected chi connectivity index (χ3v) is 5.62. The van der Waals surface area contributed by atoms with Crippen LogP contribution in [0.3, 0.4) is 0 Å². The number of carbonyl (C=O) groups is 2. The van der Waals surface area contributed by atoms with Gasteiger partial charge in [-0.1, -0.05) is 6.42 Å². The lowest BCUT2D eigenvalue weighted by Gasteiger charge is -2.26. The Morgan fingerprint density at radius 2 is 1.57 bits per heavy atom. The van der Waals surface area contributed by atoms with Crippen LogP contribution in [-0.4, -0.2) is 55.6 Å². The molecule has 30 heavy (non-hydrogen) atoms. The lowest BCUT2D eigenvalue weighted by Crippen LogP contribution is -2.43. The van der Waals surface area contributed by atoms with Crippen molar-refractivity contribution >= 4 is 48.0 Å². The van der Waals surface area contributed by atoms with Gasteiger partial charge in [-0.15, -0.1) is 24.8 Å². The number of nitrogens with two attached hydrogens (primary N) is 1. The molecule has 7 nitrogen and oxygen atoms in total. The number of likely N-dealkylation sites (tertiary alicyclic amines) is 1. The molecule has 0 spiro atoms. The van der Waals surface area contributed by atoms with Crippen LogP contribution >= 0.6 is 24.8 Å². The van der Waals surface area contributed by atoms with Gasteiger partial charge in [0, 0.05) is 37.6 Å². The van der Waals surface area contributed by atoms with Gasteiger partial charge in [-0.05, 0) is 69.0 Å². The number of nitrogens with zero attached hydrogens (tertiary/aromatic N) is 1. The summed E-state index contributed by atoms with van der Waals surface area (Å²) in [6.45, 7) is 4.33. The minimum absolute atomic E-state index is 0. The summed E-state index contributed by atoms with van der Waals surface area (Å²) in [5.74, 6) is 0.00123. The Labute approximate surface area is 191 Å². The van der Waals surface area contributed by atoms with E-state index in [9.17, 15) is 9.59 Å². The Balaban J connectivity index is 0.00000225. The van der Waals surface area contributed by atoms with E-state index in [1.807, 2.05) is 0 Å². The second-order valence-corrected chi connectivity index (χ2v) is 7.74. The van der Waals surface area contributed by atoms with E-state index in [0.29, 0.717) is 25.3 Å². The highest BCUT2D eigenvalue weighted by Gasteiger charge is 2.26. The Morgan fingerprint density at radius 3 is 2.17 bits per heavy atom. The van der Waals surface area contributed by atoms with Crippen molar-refractivity contribution in [2.24, 2.45) is 11.7 Å². The summed E-state index contributed by atoms with van der Waals surface area (Å²) in [6, 6.07) is 6.64. The molecule has 0 aromatic heterocycles. The smallest absolute Gasteiger partial charge is 0.241 e. The van der Waals surface area contributed by atoms with Crippen LogP contribution in [0.1, 0.15) is 38.5 Å². The van der Waals surface area contributed by atoms with Crippen molar-refractivity contribution in [3.05, 3.63) is 24.3 Å². The number of carbonyl (C=O) groups excluding carboxylic acids is 2. The highest BCUT2D eigenvalue weighted by molar-refractivity contribution is 5.95. The second-order valence-electron chi connectivity index (χ2n) is 7.74. The second kappa shape index (κ2) is 13.8. The molecule has 2 amide bonds. The van der Waals surface area contributed by atoms with E-state index >= 15 is 0 Å². The van der Waals surface area contributed by atoms with Crippen molar-refractivity contribution in [1.82, 2.24) is 4.90 Å². The van der Waals surface area contributed by atoms with E-state index in [4.69, 9.17) is 10.5 Å². The van der Waals surface area contributed by atoms with Gasteiger partial charge in [-0.2, -0.15) is 0 Å². The summed E-state index contributed by atoms with van der Waals surface area (Å²) in [5.41, 5.74) is 7.51. The van der Waals surface area contributed by atoms with E-state index in [-0.39, 0.29) is 42.5 Å². The number of nitrogens with one attached hydrogen (secondary N) is 2. The molecular weight excluding hydrogens is 427 g/mol. The fourth-order valence-electron chi connectivity index (χ4n) is 3.82. The molecule has 4 N–H and O–H groups in total. The minimum atomic E-state index is -0.530. The molecule has 2 heterocycles. The molecular formula is C21H34Cl2N4O3. The molecule has 0 aliphatic carbocycles. The SMILES string of the molecule is Cl.Cl.NC(C(=O)Nc1ccc(NC(=O)CCN2CCCCC2)cc1)C1CCOCC1. The minimum Gasteiger partial charge on any atom is -0.381 e. The van der Waals surface area contributed by atoms with Crippen LogP contribution in [0.15, 0.2) is 24.3 Å². The van der Waals surface area contributed by atoms with Gasteiger partial charge < -0.3 is 26.0 Å². The van der Waals surface area contributed by atoms with E-state index in [2.05, 4.69) is 15.5 Å². The van der Waals surface area contributed by atoms with Gasteiger partial charge in [0.05, 0.1) is 6.04 Å². The van der Waals surface area contributed by atoms with Gasteiger partial charge in [-0.25, -0.2) is 0 Å². The maximum Gasteiger partial charge on any atom is 0.241 e. The zero-order valence-electron chi connectivity index (χ0n) is 17.3. The highest BCUT2D eigenvalue weighted by atomic mass is 35.5. The van der Waals surface area contributed by atoms with Gasteiger partial charge >= 0.3 is 0 Å². The number of ether oxygens (including phenoxy) is 1. The Morgan fingerprint density at radius 1 is 1.00 bits per heavy atom. The maximum absolute atomic E-state index is 12.4. The fourth-order valence-corrected chi connectivity index (χ4v) is 3.82. The third-order valence-electron chi connectivity index (χ3n) is 5.62. The largest absolute Gasteiger partial charge is 0.381 e. The van der Waals surface area contributed by atoms with Crippen LogP contribution in [0.5, 0.6) is 0 Å². The van der Waals surface area contributed by atoms with Crippen molar-refractivity contribution in [2.45, 2.75) is 44.6 Å². The van der Waals surface area contributed by atoms with E-state index in [0.717, 1.165) is 38.2 Å². The van der Waals surface area contributed by atoms with E-state index < -0.39 is 6.04 Å². The highest BCUT2D eigenvalue weighted by Crippen LogP contribution is 2.20. The molecule has 3 rings (SSSR count). The summed E-state index contributed by atoms with van der Waals surface area (Å²) in [5, 5.41) is 5.78. The number of halogens is 2. The van der Waals surface area contributed by atoms with Crippen LogP contribution in [0.2, 0.25) is 0 Å². The van der Waals surface area contributed by atoms with Crippen molar-refractivity contribution in [3.8, 4) is 0 Å². The predicted octanol–water partition coefficient (Wildman–Crippen LogP) is 3.04. The predicted molar refractivity (Wildman–Crippen MR) is 125 cm³/mol. The van der Waals surface area contributed by atoms with Crippen LogP contribution < -0.4 is 16.4 Å². The quantitative estimate of drug-likeness (QED) is 0.580. The number of hydrogen-bond acceptors (Lipinski definition) is 5. The first-order valence-electron chi connectivity index (χ1n) is 10.4. The van der Waals surface area contributed by atoms with Gasteiger partial charge in [0.15, 0.2) is 0 Å². The molecule has 0 radical (unpaired) electrons. The van der Waals surface area contributed by atoms with Crippen LogP contribution in [0.25, 0.3) is 0 Å². The molecule has 170 valence electrons. The molecule has 2 saturated heterocycles. The molecule has 2 aliphatic heterocycles. The molecule has 1 unspecified atom stereocenters. The summed E-state index contributed by atoms with van der Waals surface area (Å²) in [4.78, 5) is 26.9. The van der Waals surface area contributed by atoms with Gasteiger partial charge in [-0.3, -0.25) is 9.59 Å². The van der Waals surface area contributed by atoms with Crippen molar-refractivity contribution in [3.63, 3.8) is 0 Å². The van der Waals surface area contributed by atoms with Crippen LogP contribution in [0.4, 0.5) is 11.4 Å². The lowest BCUT2D eigenvalue weighted by atomic mass is 9.92. The summed E-state index contributed by atoms with van der Waals surface area (Å²) in [6.07, 6.45) is 5.89. The molecule has 0 bridgehead atoms. The van der Waals surface area contributed by atoms with E-state index in [1.165, 1.54) is 19.3 Å². The molecule has 0 saturated carbocycles. The topological polar surface area (TPSA) is 96.7 Å². The standard InChI is InChI=1S/C21H32N4O3.2ClH/c22-20(16-9-14-28-15-10-16)21(27)24-18-6-4-17(5-7-18)23-19(26)8-13-25-11-2-1-3-12-25;;/h4-7,16,20H,1-3,8-15,22H2,(H,23,26)(H,24,27);2*1H. The Hall–Kier alpha value is -1.38. The fraction of sp³-hybridized carbons (Fsp3) is 0.619. The number of benzene rings is 1. The number of hydrogen-bond donors (Lipinski definition) is 3. The number of amides is 2. The van der Waals surface area contributed by atoms with Gasteiger partial charge in [0.1, 0.15) is 0 Å². The summed E-state index contributed by atoms with van der Waals surface area (Å²) in [7, 11) is 0. The van der Waals surface area contributed by atoms with Crippen molar-refractivity contribution in [1.29, 1.82) is 0 Å². The van der Waals surface area contributed by atoms with Crippen molar-refractivity contribution in [2.75, 3.05) is 43.5 Å². The Bertz CT molecular complexity index is 648. The van der Waals surface area contributed by atoms with Crippen LogP contribution in [0, 0.1) is 5.92 Å². The van der Waals surface area contributed by atoms with Crippen LogP contribution in [-0.2, 0) is 14.3 Å². The maximum atomic E-state index is 12.4. The average molecular weight is 461 g/mol. The molecule has 1 aromatic rings. The molecule has 2 fully saturated rings.